The molecule has 2 aromatic heterocycles. The van der Waals surface area contributed by atoms with Gasteiger partial charge in [-0.15, -0.1) is 0 Å². The quantitative estimate of drug-likeness (QED) is 0.916. The van der Waals surface area contributed by atoms with E-state index in [-0.39, 0.29) is 6.04 Å². The Kier molecular flexibility index (Phi) is 3.89. The van der Waals surface area contributed by atoms with Crippen LogP contribution in [0.4, 0.5) is 4.79 Å². The zero-order valence-corrected chi connectivity index (χ0v) is 11.2. The van der Waals surface area contributed by atoms with E-state index in [1.807, 2.05) is 36.7 Å². The van der Waals surface area contributed by atoms with E-state index >= 15 is 0 Å². The number of amides is 1. The average molecular weight is 263 g/mol. The summed E-state index contributed by atoms with van der Waals surface area (Å²) in [4.78, 5) is 11.2. The lowest BCUT2D eigenvalue weighted by Gasteiger charge is -2.17. The lowest BCUT2D eigenvalue weighted by molar-refractivity contribution is 0.169. The predicted octanol–water partition coefficient (Wildman–Crippen LogP) is 2.04. The van der Waals surface area contributed by atoms with Crippen molar-refractivity contribution in [2.24, 2.45) is 0 Å². The van der Waals surface area contributed by atoms with Crippen LogP contribution < -0.4 is 5.32 Å². The van der Waals surface area contributed by atoms with Gasteiger partial charge < -0.3 is 14.5 Å². The maximum absolute atomic E-state index is 11.2. The van der Waals surface area contributed by atoms with Crippen LogP contribution in [0.1, 0.15) is 23.2 Å². The van der Waals surface area contributed by atoms with Crippen molar-refractivity contribution < 1.29 is 13.9 Å². The second-order valence-corrected chi connectivity index (χ2v) is 4.28. The number of alkyl carbamates (subject to hydrolysis) is 1. The van der Waals surface area contributed by atoms with Gasteiger partial charge in [-0.1, -0.05) is 0 Å². The molecule has 1 atom stereocenters. The molecule has 2 rings (SSSR count). The Hall–Kier alpha value is -2.24. The van der Waals surface area contributed by atoms with Crippen molar-refractivity contribution in [3.05, 3.63) is 41.6 Å². The minimum atomic E-state index is -0.474. The van der Waals surface area contributed by atoms with Crippen molar-refractivity contribution in [1.82, 2.24) is 15.1 Å². The van der Waals surface area contributed by atoms with Crippen molar-refractivity contribution in [2.75, 3.05) is 13.7 Å². The molecule has 0 radical (unpaired) electrons. The molecule has 1 N–H and O–H groups in total. The summed E-state index contributed by atoms with van der Waals surface area (Å²) < 4.78 is 11.8. The summed E-state index contributed by atoms with van der Waals surface area (Å²) in [5.74, 6) is 0.739. The van der Waals surface area contributed by atoms with Crippen LogP contribution >= 0.6 is 0 Å². The number of carbonyl (C=O) groups is 1. The van der Waals surface area contributed by atoms with Gasteiger partial charge in [-0.3, -0.25) is 4.68 Å². The molecule has 0 saturated heterocycles. The van der Waals surface area contributed by atoms with Crippen molar-refractivity contribution in [2.45, 2.75) is 19.9 Å². The Morgan fingerprint density at radius 1 is 1.58 bits per heavy atom. The smallest absolute Gasteiger partial charge is 0.406 e. The first-order valence-electron chi connectivity index (χ1n) is 5.99. The van der Waals surface area contributed by atoms with Gasteiger partial charge in [0.05, 0.1) is 25.6 Å². The van der Waals surface area contributed by atoms with Crippen molar-refractivity contribution in [3.8, 4) is 0 Å². The Morgan fingerprint density at radius 3 is 2.89 bits per heavy atom. The fourth-order valence-corrected chi connectivity index (χ4v) is 2.00. The van der Waals surface area contributed by atoms with Gasteiger partial charge in [0.15, 0.2) is 0 Å². The molecule has 2 aromatic rings. The second-order valence-electron chi connectivity index (χ2n) is 4.28. The van der Waals surface area contributed by atoms with Crippen LogP contribution in [0, 0.1) is 13.8 Å². The number of nitrogens with one attached hydrogen (secondary N) is 1. The zero-order chi connectivity index (χ0) is 13.8. The third kappa shape index (κ3) is 2.96. The maximum Gasteiger partial charge on any atom is 0.406 e. The minimum Gasteiger partial charge on any atom is -0.467 e. The molecule has 6 heteroatoms. The summed E-state index contributed by atoms with van der Waals surface area (Å²) in [6.07, 6.45) is 1.13. The molecule has 102 valence electrons. The van der Waals surface area contributed by atoms with Crippen LogP contribution in [-0.4, -0.2) is 29.5 Å². The molecule has 0 bridgehead atoms. The third-order valence-electron chi connectivity index (χ3n) is 2.84. The van der Waals surface area contributed by atoms with Crippen LogP contribution in [0.3, 0.4) is 0 Å². The Balaban J connectivity index is 2.24. The number of carbonyl (C=O) groups excluding carboxylic acids is 1. The highest BCUT2D eigenvalue weighted by atomic mass is 16.5. The van der Waals surface area contributed by atoms with E-state index in [0.29, 0.717) is 6.54 Å². The summed E-state index contributed by atoms with van der Waals surface area (Å²) in [6, 6.07) is 5.46. The molecule has 0 aliphatic rings. The molecular weight excluding hydrogens is 246 g/mol. The van der Waals surface area contributed by atoms with E-state index in [0.717, 1.165) is 17.1 Å². The van der Waals surface area contributed by atoms with Gasteiger partial charge in [-0.25, -0.2) is 4.79 Å². The van der Waals surface area contributed by atoms with Crippen molar-refractivity contribution in [3.63, 3.8) is 0 Å². The molecule has 2 heterocycles. The van der Waals surface area contributed by atoms with Crippen LogP contribution in [-0.2, 0) is 4.74 Å². The van der Waals surface area contributed by atoms with E-state index in [1.54, 1.807) is 6.26 Å². The van der Waals surface area contributed by atoms with Crippen LogP contribution in [0.5, 0.6) is 0 Å². The lowest BCUT2D eigenvalue weighted by atomic mass is 10.2. The van der Waals surface area contributed by atoms with Crippen molar-refractivity contribution >= 4 is 6.09 Å². The number of hydrogen-bond donors (Lipinski definition) is 1. The summed E-state index contributed by atoms with van der Waals surface area (Å²) >= 11 is 0. The fourth-order valence-electron chi connectivity index (χ4n) is 2.00. The van der Waals surface area contributed by atoms with Gasteiger partial charge in [0.2, 0.25) is 0 Å². The third-order valence-corrected chi connectivity index (χ3v) is 2.84. The second kappa shape index (κ2) is 5.60. The molecular formula is C13H17N3O3. The summed E-state index contributed by atoms with van der Waals surface area (Å²) in [6.45, 7) is 4.24. The van der Waals surface area contributed by atoms with Crippen molar-refractivity contribution in [1.29, 1.82) is 0 Å². The Labute approximate surface area is 111 Å². The van der Waals surface area contributed by atoms with Crippen LogP contribution in [0.15, 0.2) is 28.9 Å². The normalized spacial score (nSPS) is 12.2. The number of methoxy groups -OCH3 is 1. The molecule has 0 fully saturated rings. The van der Waals surface area contributed by atoms with E-state index in [9.17, 15) is 4.79 Å². The monoisotopic (exact) mass is 263 g/mol. The van der Waals surface area contributed by atoms with Gasteiger partial charge in [0.25, 0.3) is 0 Å². The molecule has 1 amide bonds. The molecule has 0 spiro atoms. The maximum atomic E-state index is 11.2. The van der Waals surface area contributed by atoms with E-state index in [2.05, 4.69) is 15.2 Å². The summed E-state index contributed by atoms with van der Waals surface area (Å²) in [5.41, 5.74) is 1.93. The highest BCUT2D eigenvalue weighted by Crippen LogP contribution is 2.20. The highest BCUT2D eigenvalue weighted by molar-refractivity contribution is 5.66. The predicted molar refractivity (Wildman–Crippen MR) is 69.0 cm³/mol. The van der Waals surface area contributed by atoms with Gasteiger partial charge >= 0.3 is 6.09 Å². The number of aryl methyl sites for hydroxylation is 2. The molecule has 1 unspecified atom stereocenters. The Morgan fingerprint density at radius 2 is 2.37 bits per heavy atom. The summed E-state index contributed by atoms with van der Waals surface area (Å²) in [7, 11) is 1.33. The molecule has 19 heavy (non-hydrogen) atoms. The number of nitrogens with zero attached hydrogens (tertiary/aromatic N) is 2. The first-order chi connectivity index (χ1) is 9.11. The standard InChI is InChI=1S/C13H17N3O3/c1-9-7-10(2)16(15-9)11(8-14-13(17)18-3)12-5-4-6-19-12/h4-7,11H,8H2,1-3H3,(H,14,17). The number of furan rings is 1. The first kappa shape index (κ1) is 13.2. The van der Waals surface area contributed by atoms with Gasteiger partial charge in [-0.2, -0.15) is 5.10 Å². The summed E-state index contributed by atoms with van der Waals surface area (Å²) in [5, 5.41) is 7.11. The molecule has 0 aliphatic heterocycles. The van der Waals surface area contributed by atoms with E-state index in [1.165, 1.54) is 7.11 Å². The Bertz CT molecular complexity index is 545. The SMILES string of the molecule is COC(=O)NCC(c1ccco1)n1nc(C)cc1C. The molecule has 0 aliphatic carbocycles. The van der Waals surface area contributed by atoms with Gasteiger partial charge in [0, 0.05) is 5.69 Å². The number of ether oxygens (including phenoxy) is 1. The number of hydrogen-bond acceptors (Lipinski definition) is 4. The van der Waals surface area contributed by atoms with Crippen LogP contribution in [0.25, 0.3) is 0 Å². The first-order valence-corrected chi connectivity index (χ1v) is 5.99. The molecule has 6 nitrogen and oxygen atoms in total. The van der Waals surface area contributed by atoms with Crippen LogP contribution in [0.2, 0.25) is 0 Å². The average Bonchev–Trinajstić information content (AvgIpc) is 3.00. The lowest BCUT2D eigenvalue weighted by Crippen LogP contribution is -2.31. The van der Waals surface area contributed by atoms with Gasteiger partial charge in [-0.05, 0) is 32.0 Å². The highest BCUT2D eigenvalue weighted by Gasteiger charge is 2.20. The minimum absolute atomic E-state index is 0.192. The van der Waals surface area contributed by atoms with E-state index in [4.69, 9.17) is 4.42 Å². The fraction of sp³-hybridized carbons (Fsp3) is 0.385. The van der Waals surface area contributed by atoms with E-state index < -0.39 is 6.09 Å². The van der Waals surface area contributed by atoms with Gasteiger partial charge in [0.1, 0.15) is 11.8 Å². The number of rotatable bonds is 4. The zero-order valence-electron chi connectivity index (χ0n) is 11.2. The largest absolute Gasteiger partial charge is 0.467 e. The molecule has 0 aromatic carbocycles. The topological polar surface area (TPSA) is 69.3 Å². The number of aromatic nitrogens is 2. The molecule has 0 saturated carbocycles.